The van der Waals surface area contributed by atoms with Crippen molar-refractivity contribution in [2.45, 2.75) is 46.7 Å². The summed E-state index contributed by atoms with van der Waals surface area (Å²) in [5.41, 5.74) is 12.1. The van der Waals surface area contributed by atoms with Crippen LogP contribution in [0.25, 0.3) is 0 Å². The van der Waals surface area contributed by atoms with Crippen LogP contribution in [0.5, 0.6) is 0 Å². The van der Waals surface area contributed by atoms with Gasteiger partial charge in [-0.15, -0.1) is 0 Å². The fraction of sp³-hybridized carbons (Fsp3) is 0.345. The molecule has 0 bridgehead atoms. The molecule has 4 N–H and O–H groups in total. The Morgan fingerprint density at radius 2 is 1.67 bits per heavy atom. The maximum absolute atomic E-state index is 13.9. The van der Waals surface area contributed by atoms with Gasteiger partial charge in [-0.2, -0.15) is 0 Å². The van der Waals surface area contributed by atoms with E-state index in [4.69, 9.17) is 11.5 Å². The van der Waals surface area contributed by atoms with E-state index in [2.05, 4.69) is 9.72 Å². The molecule has 1 unspecified atom stereocenters. The van der Waals surface area contributed by atoms with Crippen molar-refractivity contribution in [3.63, 3.8) is 0 Å². The minimum absolute atomic E-state index is 0.0674. The molecular formula is C29H35N5O5. The Morgan fingerprint density at radius 1 is 1.03 bits per heavy atom. The van der Waals surface area contributed by atoms with Gasteiger partial charge in [-0.1, -0.05) is 61.9 Å². The normalized spacial score (nSPS) is 11.7. The quantitative estimate of drug-likeness (QED) is 0.300. The van der Waals surface area contributed by atoms with Gasteiger partial charge in [-0.05, 0) is 50.4 Å². The van der Waals surface area contributed by atoms with Crippen LogP contribution in [0.1, 0.15) is 69.7 Å². The third-order valence-corrected chi connectivity index (χ3v) is 6.35. The SMILES string of the molecule is Cc1ccc(C(=O)N(CCCN)C(c2nc(C)c(C(=O)OC(N)=O)c(=O)n2Cc2ccccc2)C(C)C)cc1. The highest BCUT2D eigenvalue weighted by atomic mass is 16.6. The van der Waals surface area contributed by atoms with Crippen molar-refractivity contribution in [3.05, 3.63) is 98.7 Å². The van der Waals surface area contributed by atoms with Crippen LogP contribution in [0.2, 0.25) is 0 Å². The summed E-state index contributed by atoms with van der Waals surface area (Å²) in [5, 5.41) is 0. The molecule has 3 rings (SSSR count). The lowest BCUT2D eigenvalue weighted by Gasteiger charge is -2.35. The summed E-state index contributed by atoms with van der Waals surface area (Å²) >= 11 is 0. The van der Waals surface area contributed by atoms with Crippen LogP contribution in [0.3, 0.4) is 0 Å². The van der Waals surface area contributed by atoms with Gasteiger partial charge in [0.2, 0.25) is 0 Å². The second kappa shape index (κ2) is 13.0. The Bertz CT molecular complexity index is 1380. The number of ether oxygens (including phenoxy) is 1. The molecule has 39 heavy (non-hydrogen) atoms. The molecule has 0 saturated carbocycles. The molecule has 3 aromatic rings. The molecule has 10 nitrogen and oxygen atoms in total. The number of aromatic nitrogens is 2. The predicted molar refractivity (Wildman–Crippen MR) is 147 cm³/mol. The number of hydrogen-bond donors (Lipinski definition) is 2. The van der Waals surface area contributed by atoms with Crippen LogP contribution in [0.15, 0.2) is 59.4 Å². The molecular weight excluding hydrogens is 498 g/mol. The molecule has 0 spiro atoms. The number of esters is 1. The molecule has 1 heterocycles. The Hall–Kier alpha value is -4.31. The van der Waals surface area contributed by atoms with Gasteiger partial charge >= 0.3 is 12.1 Å². The summed E-state index contributed by atoms with van der Waals surface area (Å²) in [6.07, 6.45) is -0.791. The molecule has 0 aliphatic carbocycles. The van der Waals surface area contributed by atoms with Gasteiger partial charge in [0, 0.05) is 12.1 Å². The monoisotopic (exact) mass is 533 g/mol. The molecule has 0 radical (unpaired) electrons. The predicted octanol–water partition coefficient (Wildman–Crippen LogP) is 3.33. The minimum Gasteiger partial charge on any atom is -0.372 e. The Balaban J connectivity index is 2.25. The van der Waals surface area contributed by atoms with E-state index in [1.165, 1.54) is 11.5 Å². The first-order chi connectivity index (χ1) is 18.5. The first-order valence-corrected chi connectivity index (χ1v) is 12.8. The van der Waals surface area contributed by atoms with E-state index in [0.29, 0.717) is 30.9 Å². The second-order valence-electron chi connectivity index (χ2n) is 9.71. The van der Waals surface area contributed by atoms with Crippen molar-refractivity contribution in [2.75, 3.05) is 13.1 Å². The van der Waals surface area contributed by atoms with Crippen LogP contribution < -0.4 is 17.0 Å². The average Bonchev–Trinajstić information content (AvgIpc) is 2.88. The topological polar surface area (TPSA) is 151 Å². The van der Waals surface area contributed by atoms with E-state index in [1.807, 2.05) is 63.2 Å². The zero-order valence-electron chi connectivity index (χ0n) is 22.7. The van der Waals surface area contributed by atoms with Crippen molar-refractivity contribution >= 4 is 18.0 Å². The van der Waals surface area contributed by atoms with E-state index in [9.17, 15) is 19.2 Å². The van der Waals surface area contributed by atoms with Crippen molar-refractivity contribution in [1.82, 2.24) is 14.5 Å². The highest BCUT2D eigenvalue weighted by molar-refractivity contribution is 5.96. The lowest BCUT2D eigenvalue weighted by molar-refractivity contribution is 0.0591. The molecule has 206 valence electrons. The molecule has 0 fully saturated rings. The van der Waals surface area contributed by atoms with Crippen molar-refractivity contribution in [1.29, 1.82) is 0 Å². The maximum Gasteiger partial charge on any atom is 0.412 e. The van der Waals surface area contributed by atoms with Gasteiger partial charge < -0.3 is 21.1 Å². The number of amides is 2. The van der Waals surface area contributed by atoms with E-state index in [-0.39, 0.29) is 24.1 Å². The number of benzene rings is 2. The summed E-state index contributed by atoms with van der Waals surface area (Å²) < 4.78 is 5.89. The average molecular weight is 534 g/mol. The zero-order chi connectivity index (χ0) is 28.7. The number of primary amides is 1. The van der Waals surface area contributed by atoms with Crippen LogP contribution in [-0.2, 0) is 11.3 Å². The summed E-state index contributed by atoms with van der Waals surface area (Å²) in [5.74, 6) is -1.27. The molecule has 0 aliphatic rings. The second-order valence-corrected chi connectivity index (χ2v) is 9.71. The smallest absolute Gasteiger partial charge is 0.372 e. The number of carbonyl (C=O) groups excluding carboxylic acids is 3. The summed E-state index contributed by atoms with van der Waals surface area (Å²) in [6.45, 7) is 8.07. The Labute approximate surface area is 227 Å². The van der Waals surface area contributed by atoms with Gasteiger partial charge in [-0.25, -0.2) is 14.6 Å². The maximum atomic E-state index is 13.9. The number of carbonyl (C=O) groups is 3. The van der Waals surface area contributed by atoms with Gasteiger partial charge in [0.25, 0.3) is 11.5 Å². The highest BCUT2D eigenvalue weighted by Crippen LogP contribution is 2.30. The van der Waals surface area contributed by atoms with Crippen LogP contribution in [0.4, 0.5) is 4.79 Å². The number of aryl methyl sites for hydroxylation is 2. The van der Waals surface area contributed by atoms with Crippen LogP contribution in [-0.4, -0.2) is 45.5 Å². The third kappa shape index (κ3) is 6.97. The van der Waals surface area contributed by atoms with Crippen LogP contribution >= 0.6 is 0 Å². The molecule has 1 aromatic heterocycles. The minimum atomic E-state index is -1.32. The number of rotatable bonds is 10. The van der Waals surface area contributed by atoms with Crippen molar-refractivity contribution < 1.29 is 19.1 Å². The van der Waals surface area contributed by atoms with Crippen molar-refractivity contribution in [3.8, 4) is 0 Å². The first-order valence-electron chi connectivity index (χ1n) is 12.8. The highest BCUT2D eigenvalue weighted by Gasteiger charge is 2.34. The van der Waals surface area contributed by atoms with E-state index >= 15 is 0 Å². The molecule has 10 heteroatoms. The van der Waals surface area contributed by atoms with E-state index < -0.39 is 29.2 Å². The van der Waals surface area contributed by atoms with E-state index in [0.717, 1.165) is 11.1 Å². The fourth-order valence-corrected chi connectivity index (χ4v) is 4.49. The fourth-order valence-electron chi connectivity index (χ4n) is 4.49. The molecule has 2 amide bonds. The summed E-state index contributed by atoms with van der Waals surface area (Å²) in [6, 6.07) is 15.8. The van der Waals surface area contributed by atoms with Gasteiger partial charge in [-0.3, -0.25) is 14.2 Å². The van der Waals surface area contributed by atoms with Crippen molar-refractivity contribution in [2.24, 2.45) is 17.4 Å². The Morgan fingerprint density at radius 3 is 2.23 bits per heavy atom. The summed E-state index contributed by atoms with van der Waals surface area (Å²) in [4.78, 5) is 58.0. The molecule has 0 aliphatic heterocycles. The number of nitrogens with zero attached hydrogens (tertiary/aromatic N) is 3. The zero-order valence-corrected chi connectivity index (χ0v) is 22.7. The van der Waals surface area contributed by atoms with Gasteiger partial charge in [0.05, 0.1) is 18.3 Å². The lowest BCUT2D eigenvalue weighted by Crippen LogP contribution is -2.43. The summed E-state index contributed by atoms with van der Waals surface area (Å²) in [7, 11) is 0. The first kappa shape index (κ1) is 29.2. The molecule has 1 atom stereocenters. The van der Waals surface area contributed by atoms with E-state index in [1.54, 1.807) is 17.0 Å². The number of hydrogen-bond acceptors (Lipinski definition) is 7. The van der Waals surface area contributed by atoms with Gasteiger partial charge in [0.1, 0.15) is 11.4 Å². The molecule has 2 aromatic carbocycles. The van der Waals surface area contributed by atoms with Crippen LogP contribution in [0, 0.1) is 19.8 Å². The largest absolute Gasteiger partial charge is 0.412 e. The standard InChI is InChI=1S/C29H35N5O5/c1-18(2)24(33(16-8-15-30)26(35)22-13-11-19(3)12-14-22)25-32-20(4)23(28(37)39-29(31)38)27(36)34(25)17-21-9-6-5-7-10-21/h5-7,9-14,18,24H,8,15-17,30H2,1-4H3,(H2,31,38). The third-order valence-electron chi connectivity index (χ3n) is 6.35. The van der Waals surface area contributed by atoms with Gasteiger partial charge in [0.15, 0.2) is 0 Å². The lowest BCUT2D eigenvalue weighted by atomic mass is 9.98. The molecule has 0 saturated heterocycles. The Kier molecular flexibility index (Phi) is 9.73. The number of nitrogens with two attached hydrogens (primary N) is 2.